The fraction of sp³-hybridized carbons (Fsp3) is 0.700. The van der Waals surface area contributed by atoms with Crippen molar-refractivity contribution in [2.75, 3.05) is 13.1 Å². The van der Waals surface area contributed by atoms with Crippen molar-refractivity contribution in [1.29, 1.82) is 0 Å². The summed E-state index contributed by atoms with van der Waals surface area (Å²) in [6.45, 7) is 6.93. The van der Waals surface area contributed by atoms with Gasteiger partial charge >= 0.3 is 5.69 Å². The lowest BCUT2D eigenvalue weighted by Gasteiger charge is -2.06. The van der Waals surface area contributed by atoms with Gasteiger partial charge in [-0.15, -0.1) is 0 Å². The predicted octanol–water partition coefficient (Wildman–Crippen LogP) is 0.432. The van der Waals surface area contributed by atoms with Gasteiger partial charge in [-0.1, -0.05) is 13.8 Å². The van der Waals surface area contributed by atoms with E-state index in [1.54, 1.807) is 22.4 Å². The monoisotopic (exact) mass is 197 g/mol. The quantitative estimate of drug-likeness (QED) is 0.695. The molecular formula is C10H19N3O. The van der Waals surface area contributed by atoms with Gasteiger partial charge in [0, 0.05) is 32.5 Å². The smallest absolute Gasteiger partial charge is 0.315 e. The molecule has 0 unspecified atom stereocenters. The standard InChI is InChI=1S/C10H19N3O/c1-9(2)8-11-4-5-13-7-6-12(3)10(13)14/h6-7,9,11H,4-5,8H2,1-3H3. The summed E-state index contributed by atoms with van der Waals surface area (Å²) in [4.78, 5) is 11.4. The summed E-state index contributed by atoms with van der Waals surface area (Å²) in [7, 11) is 1.76. The SMILES string of the molecule is CC(C)CNCCn1ccn(C)c1=O. The number of nitrogens with zero attached hydrogens (tertiary/aromatic N) is 2. The van der Waals surface area contributed by atoms with Crippen LogP contribution >= 0.6 is 0 Å². The number of aromatic nitrogens is 2. The van der Waals surface area contributed by atoms with Crippen molar-refractivity contribution in [3.05, 3.63) is 22.9 Å². The molecule has 0 atom stereocenters. The van der Waals surface area contributed by atoms with Gasteiger partial charge in [0.15, 0.2) is 0 Å². The Hall–Kier alpha value is -1.03. The molecule has 0 bridgehead atoms. The summed E-state index contributed by atoms with van der Waals surface area (Å²) in [5.41, 5.74) is 0.0522. The van der Waals surface area contributed by atoms with Gasteiger partial charge < -0.3 is 9.88 Å². The Bertz CT molecular complexity index is 324. The van der Waals surface area contributed by atoms with Crippen molar-refractivity contribution < 1.29 is 0 Å². The van der Waals surface area contributed by atoms with E-state index < -0.39 is 0 Å². The van der Waals surface area contributed by atoms with E-state index in [-0.39, 0.29) is 5.69 Å². The summed E-state index contributed by atoms with van der Waals surface area (Å²) >= 11 is 0. The first-order valence-corrected chi connectivity index (χ1v) is 5.03. The van der Waals surface area contributed by atoms with Crippen molar-refractivity contribution in [3.8, 4) is 0 Å². The molecule has 4 heteroatoms. The Morgan fingerprint density at radius 1 is 1.43 bits per heavy atom. The summed E-state index contributed by atoms with van der Waals surface area (Å²) in [5.74, 6) is 0.655. The third-order valence-electron chi connectivity index (χ3n) is 2.10. The Labute approximate surface area is 84.5 Å². The van der Waals surface area contributed by atoms with Crippen molar-refractivity contribution in [2.24, 2.45) is 13.0 Å². The van der Waals surface area contributed by atoms with Gasteiger partial charge in [-0.25, -0.2) is 4.79 Å². The Balaban J connectivity index is 2.32. The van der Waals surface area contributed by atoms with Crippen molar-refractivity contribution in [1.82, 2.24) is 14.5 Å². The van der Waals surface area contributed by atoms with Crippen LogP contribution in [0.1, 0.15) is 13.8 Å². The van der Waals surface area contributed by atoms with Crippen LogP contribution in [0.4, 0.5) is 0 Å². The number of hydrogen-bond acceptors (Lipinski definition) is 2. The summed E-state index contributed by atoms with van der Waals surface area (Å²) in [5, 5.41) is 3.30. The minimum absolute atomic E-state index is 0.0522. The summed E-state index contributed by atoms with van der Waals surface area (Å²) in [6.07, 6.45) is 3.60. The molecule has 0 aromatic carbocycles. The van der Waals surface area contributed by atoms with Crippen LogP contribution in [0.3, 0.4) is 0 Å². The molecule has 0 amide bonds. The molecular weight excluding hydrogens is 178 g/mol. The second-order valence-corrected chi connectivity index (χ2v) is 3.98. The molecule has 0 aliphatic heterocycles. The van der Waals surface area contributed by atoms with E-state index in [9.17, 15) is 4.79 Å². The lowest BCUT2D eigenvalue weighted by atomic mass is 10.2. The van der Waals surface area contributed by atoms with Crippen LogP contribution in [0.2, 0.25) is 0 Å². The number of rotatable bonds is 5. The van der Waals surface area contributed by atoms with E-state index in [0.29, 0.717) is 5.92 Å². The topological polar surface area (TPSA) is 39.0 Å². The minimum atomic E-state index is 0.0522. The lowest BCUT2D eigenvalue weighted by Crippen LogP contribution is -2.29. The molecule has 0 fully saturated rings. The molecule has 0 radical (unpaired) electrons. The van der Waals surface area contributed by atoms with Crippen molar-refractivity contribution in [3.63, 3.8) is 0 Å². The van der Waals surface area contributed by atoms with E-state index in [0.717, 1.165) is 19.6 Å². The van der Waals surface area contributed by atoms with Gasteiger partial charge in [0.2, 0.25) is 0 Å². The fourth-order valence-electron chi connectivity index (χ4n) is 1.27. The van der Waals surface area contributed by atoms with Gasteiger partial charge in [-0.3, -0.25) is 4.57 Å². The molecule has 4 nitrogen and oxygen atoms in total. The predicted molar refractivity (Wildman–Crippen MR) is 57.4 cm³/mol. The second kappa shape index (κ2) is 5.00. The van der Waals surface area contributed by atoms with Crippen LogP contribution in [-0.2, 0) is 13.6 Å². The normalized spacial score (nSPS) is 11.1. The number of hydrogen-bond donors (Lipinski definition) is 1. The molecule has 1 heterocycles. The molecule has 14 heavy (non-hydrogen) atoms. The molecule has 0 saturated carbocycles. The van der Waals surface area contributed by atoms with Gasteiger partial charge in [0.05, 0.1) is 0 Å². The zero-order valence-electron chi connectivity index (χ0n) is 9.16. The van der Waals surface area contributed by atoms with Gasteiger partial charge in [0.25, 0.3) is 0 Å². The number of imidazole rings is 1. The van der Waals surface area contributed by atoms with Gasteiger partial charge in [-0.05, 0) is 12.5 Å². The van der Waals surface area contributed by atoms with Crippen molar-refractivity contribution >= 4 is 0 Å². The third kappa shape index (κ3) is 3.03. The Morgan fingerprint density at radius 3 is 2.64 bits per heavy atom. The third-order valence-corrected chi connectivity index (χ3v) is 2.10. The second-order valence-electron chi connectivity index (χ2n) is 3.98. The molecule has 1 rings (SSSR count). The van der Waals surface area contributed by atoms with Crippen LogP contribution in [0, 0.1) is 5.92 Å². The van der Waals surface area contributed by atoms with Crippen LogP contribution in [0.15, 0.2) is 17.2 Å². The first-order chi connectivity index (χ1) is 6.61. The average molecular weight is 197 g/mol. The highest BCUT2D eigenvalue weighted by molar-refractivity contribution is 4.79. The maximum Gasteiger partial charge on any atom is 0.327 e. The van der Waals surface area contributed by atoms with E-state index >= 15 is 0 Å². The van der Waals surface area contributed by atoms with Crippen LogP contribution in [0.25, 0.3) is 0 Å². The molecule has 1 N–H and O–H groups in total. The average Bonchev–Trinajstić information content (AvgIpc) is 2.43. The highest BCUT2D eigenvalue weighted by Gasteiger charge is 1.98. The molecule has 0 spiro atoms. The van der Waals surface area contributed by atoms with Crippen LogP contribution < -0.4 is 11.0 Å². The summed E-state index contributed by atoms with van der Waals surface area (Å²) < 4.78 is 3.30. The van der Waals surface area contributed by atoms with E-state index in [1.807, 2.05) is 6.20 Å². The fourth-order valence-corrected chi connectivity index (χ4v) is 1.27. The van der Waals surface area contributed by atoms with E-state index in [2.05, 4.69) is 19.2 Å². The highest BCUT2D eigenvalue weighted by atomic mass is 16.1. The zero-order chi connectivity index (χ0) is 10.6. The molecule has 1 aromatic heterocycles. The maximum absolute atomic E-state index is 11.4. The molecule has 0 saturated heterocycles. The lowest BCUT2D eigenvalue weighted by molar-refractivity contribution is 0.518. The van der Waals surface area contributed by atoms with Crippen molar-refractivity contribution in [2.45, 2.75) is 20.4 Å². The van der Waals surface area contributed by atoms with E-state index in [4.69, 9.17) is 0 Å². The number of aryl methyl sites for hydroxylation is 1. The Kier molecular flexibility index (Phi) is 3.95. The molecule has 0 aliphatic rings. The number of nitrogens with one attached hydrogen (secondary N) is 1. The molecule has 80 valence electrons. The first kappa shape index (κ1) is 11.0. The molecule has 0 aliphatic carbocycles. The Morgan fingerprint density at radius 2 is 2.14 bits per heavy atom. The van der Waals surface area contributed by atoms with Crippen LogP contribution in [0.5, 0.6) is 0 Å². The minimum Gasteiger partial charge on any atom is -0.315 e. The van der Waals surface area contributed by atoms with E-state index in [1.165, 1.54) is 0 Å². The van der Waals surface area contributed by atoms with Crippen LogP contribution in [-0.4, -0.2) is 22.2 Å². The molecule has 1 aromatic rings. The van der Waals surface area contributed by atoms with Gasteiger partial charge in [0.1, 0.15) is 0 Å². The summed E-state index contributed by atoms with van der Waals surface area (Å²) in [6, 6.07) is 0. The van der Waals surface area contributed by atoms with Gasteiger partial charge in [-0.2, -0.15) is 0 Å². The largest absolute Gasteiger partial charge is 0.327 e. The maximum atomic E-state index is 11.4. The zero-order valence-corrected chi connectivity index (χ0v) is 9.16. The highest BCUT2D eigenvalue weighted by Crippen LogP contribution is 1.87. The first-order valence-electron chi connectivity index (χ1n) is 5.03.